The molecule has 7 nitrogen and oxygen atoms in total. The minimum atomic E-state index is -3.02. The summed E-state index contributed by atoms with van der Waals surface area (Å²) < 4.78 is 31.0. The number of nitrogens with zero attached hydrogens (tertiary/aromatic N) is 4. The number of halogens is 1. The van der Waals surface area contributed by atoms with E-state index in [4.69, 9.17) is 16.3 Å². The highest BCUT2D eigenvalue weighted by Gasteiger charge is 2.51. The van der Waals surface area contributed by atoms with Gasteiger partial charge in [-0.25, -0.2) is 8.42 Å². The molecule has 1 unspecified atom stereocenters. The molecule has 3 heterocycles. The summed E-state index contributed by atoms with van der Waals surface area (Å²) in [6.45, 7) is 8.35. The Morgan fingerprint density at radius 2 is 2.07 bits per heavy atom. The molecule has 0 radical (unpaired) electrons. The van der Waals surface area contributed by atoms with Gasteiger partial charge in [0.25, 0.3) is 0 Å². The summed E-state index contributed by atoms with van der Waals surface area (Å²) in [5.41, 5.74) is 2.65. The summed E-state index contributed by atoms with van der Waals surface area (Å²) in [4.78, 5) is 2.38. The number of benzene rings is 1. The summed E-state index contributed by atoms with van der Waals surface area (Å²) >= 11 is 6.33. The van der Waals surface area contributed by atoms with Gasteiger partial charge < -0.3 is 4.74 Å². The van der Waals surface area contributed by atoms with Crippen molar-refractivity contribution >= 4 is 21.4 Å². The van der Waals surface area contributed by atoms with Crippen molar-refractivity contribution in [2.75, 3.05) is 18.6 Å². The molecule has 0 N–H and O–H groups in total. The first-order valence-corrected chi connectivity index (χ1v) is 12.7. The monoisotopic (exact) mass is 452 g/mol. The number of likely N-dealkylation sites (tertiary alicyclic amines) is 1. The normalized spacial score (nSPS) is 26.2. The number of piperidine rings is 1. The smallest absolute Gasteiger partial charge is 0.149 e. The van der Waals surface area contributed by atoms with Crippen molar-refractivity contribution < 1.29 is 13.2 Å². The first-order valence-electron chi connectivity index (χ1n) is 10.3. The minimum Gasteiger partial charge on any atom is -0.360 e. The second kappa shape index (κ2) is 7.58. The zero-order chi connectivity index (χ0) is 21.7. The van der Waals surface area contributed by atoms with Gasteiger partial charge in [-0.3, -0.25) is 9.58 Å². The molecule has 1 spiro atoms. The molecule has 1 fully saturated rings. The third kappa shape index (κ3) is 4.28. The molecule has 0 saturated carbocycles. The molecule has 164 valence electrons. The van der Waals surface area contributed by atoms with Crippen LogP contribution in [0.3, 0.4) is 0 Å². The number of hydrogen-bond donors (Lipinski definition) is 0. The molecule has 2 aliphatic heterocycles. The predicted octanol–water partition coefficient (Wildman–Crippen LogP) is 3.12. The van der Waals surface area contributed by atoms with E-state index in [0.717, 1.165) is 30.1 Å². The molecule has 1 aromatic carbocycles. The van der Waals surface area contributed by atoms with E-state index >= 15 is 0 Å². The predicted molar refractivity (Wildman–Crippen MR) is 116 cm³/mol. The third-order valence-corrected chi connectivity index (χ3v) is 7.42. The molecule has 2 atom stereocenters. The average Bonchev–Trinajstić information content (AvgIpc) is 3.16. The number of sulfone groups is 1. The number of fused-ring (bicyclic) bond motifs is 2. The van der Waals surface area contributed by atoms with Crippen LogP contribution < -0.4 is 0 Å². The lowest BCUT2D eigenvalue weighted by Gasteiger charge is -2.44. The van der Waals surface area contributed by atoms with Crippen LogP contribution in [0.25, 0.3) is 0 Å². The summed E-state index contributed by atoms with van der Waals surface area (Å²) in [5, 5.41) is 9.05. The molecule has 1 saturated heterocycles. The SMILES string of the molecule is C[C@H]1CC2(CCN1Cc1cn(CCS(C)(=O)=O)nn1)OC(C)(C)c1ccc(Cl)cc12. The van der Waals surface area contributed by atoms with Gasteiger partial charge in [0, 0.05) is 36.6 Å². The maximum atomic E-state index is 11.4. The van der Waals surface area contributed by atoms with Crippen LogP contribution in [0.2, 0.25) is 5.02 Å². The van der Waals surface area contributed by atoms with E-state index in [2.05, 4.69) is 48.1 Å². The van der Waals surface area contributed by atoms with Gasteiger partial charge >= 0.3 is 0 Å². The number of aromatic nitrogens is 3. The molecule has 30 heavy (non-hydrogen) atoms. The van der Waals surface area contributed by atoms with E-state index in [9.17, 15) is 8.42 Å². The number of aryl methyl sites for hydroxylation is 1. The zero-order valence-electron chi connectivity index (χ0n) is 17.9. The minimum absolute atomic E-state index is 0.0630. The Kier molecular flexibility index (Phi) is 5.50. The fraction of sp³-hybridized carbons (Fsp3) is 0.619. The molecule has 2 aromatic rings. The van der Waals surface area contributed by atoms with Gasteiger partial charge in [0.15, 0.2) is 0 Å². The maximum absolute atomic E-state index is 11.4. The standard InChI is InChI=1S/C21H29ClN4O3S/c1-15-12-21(19-11-16(22)5-6-18(19)20(2,3)29-21)7-8-25(15)13-17-14-26(24-23-17)9-10-30(4,27)28/h5-6,11,14-15H,7-10,12-13H2,1-4H3/t15-,21?/m0/s1. The summed E-state index contributed by atoms with van der Waals surface area (Å²) in [6.07, 6.45) is 4.84. The van der Waals surface area contributed by atoms with E-state index in [0.29, 0.717) is 19.1 Å². The van der Waals surface area contributed by atoms with Crippen molar-refractivity contribution in [1.29, 1.82) is 0 Å². The Labute approximate surface area is 183 Å². The Balaban J connectivity index is 1.46. The van der Waals surface area contributed by atoms with Gasteiger partial charge in [-0.1, -0.05) is 22.9 Å². The highest BCUT2D eigenvalue weighted by atomic mass is 35.5. The quantitative estimate of drug-likeness (QED) is 0.693. The van der Waals surface area contributed by atoms with Gasteiger partial charge in [-0.05, 0) is 56.9 Å². The van der Waals surface area contributed by atoms with Crippen LogP contribution in [0.5, 0.6) is 0 Å². The molecular weight excluding hydrogens is 424 g/mol. The lowest BCUT2D eigenvalue weighted by Crippen LogP contribution is -2.48. The molecule has 0 amide bonds. The summed E-state index contributed by atoms with van der Waals surface area (Å²) in [6, 6.07) is 6.40. The number of hydrogen-bond acceptors (Lipinski definition) is 6. The van der Waals surface area contributed by atoms with Crippen LogP contribution in [0.1, 0.15) is 50.4 Å². The van der Waals surface area contributed by atoms with E-state index < -0.39 is 9.84 Å². The second-order valence-corrected chi connectivity index (χ2v) is 11.9. The van der Waals surface area contributed by atoms with Crippen LogP contribution in [0, 0.1) is 0 Å². The molecule has 9 heteroatoms. The topological polar surface area (TPSA) is 77.3 Å². The van der Waals surface area contributed by atoms with Crippen LogP contribution >= 0.6 is 11.6 Å². The largest absolute Gasteiger partial charge is 0.360 e. The molecule has 1 aromatic heterocycles. The van der Waals surface area contributed by atoms with Crippen molar-refractivity contribution in [3.8, 4) is 0 Å². The summed E-state index contributed by atoms with van der Waals surface area (Å²) in [5.74, 6) is 0.0630. The first kappa shape index (κ1) is 21.7. The molecular formula is C21H29ClN4O3S. The van der Waals surface area contributed by atoms with E-state index in [1.165, 1.54) is 17.4 Å². The first-order chi connectivity index (χ1) is 14.0. The number of ether oxygens (including phenoxy) is 1. The van der Waals surface area contributed by atoms with Gasteiger partial charge in [0.2, 0.25) is 0 Å². The Morgan fingerprint density at radius 1 is 1.30 bits per heavy atom. The van der Waals surface area contributed by atoms with Crippen LogP contribution in [0.15, 0.2) is 24.4 Å². The molecule has 4 rings (SSSR count). The maximum Gasteiger partial charge on any atom is 0.149 e. The lowest BCUT2D eigenvalue weighted by molar-refractivity contribution is -0.159. The van der Waals surface area contributed by atoms with Crippen molar-refractivity contribution in [2.45, 2.75) is 63.9 Å². The second-order valence-electron chi connectivity index (χ2n) is 9.17. The third-order valence-electron chi connectivity index (χ3n) is 6.27. The highest BCUT2D eigenvalue weighted by Crippen LogP contribution is 2.53. The van der Waals surface area contributed by atoms with Crippen molar-refractivity contribution in [1.82, 2.24) is 19.9 Å². The number of rotatable bonds is 5. The zero-order valence-corrected chi connectivity index (χ0v) is 19.5. The fourth-order valence-corrected chi connectivity index (χ4v) is 5.52. The molecule has 0 aliphatic carbocycles. The highest BCUT2D eigenvalue weighted by molar-refractivity contribution is 7.90. The van der Waals surface area contributed by atoms with Gasteiger partial charge in [-0.2, -0.15) is 0 Å². The van der Waals surface area contributed by atoms with E-state index in [-0.39, 0.29) is 17.0 Å². The molecule has 0 bridgehead atoms. The van der Waals surface area contributed by atoms with Gasteiger partial charge in [-0.15, -0.1) is 5.10 Å². The Bertz CT molecular complexity index is 1050. The van der Waals surface area contributed by atoms with Gasteiger partial charge in [0.1, 0.15) is 9.84 Å². The van der Waals surface area contributed by atoms with E-state index in [1.54, 1.807) is 4.68 Å². The fourth-order valence-electron chi connectivity index (χ4n) is 4.83. The van der Waals surface area contributed by atoms with E-state index in [1.807, 2.05) is 12.3 Å². The van der Waals surface area contributed by atoms with Crippen molar-refractivity contribution in [3.05, 3.63) is 46.2 Å². The van der Waals surface area contributed by atoms with Crippen LogP contribution in [-0.2, 0) is 38.9 Å². The summed E-state index contributed by atoms with van der Waals surface area (Å²) in [7, 11) is -3.02. The van der Waals surface area contributed by atoms with Crippen molar-refractivity contribution in [3.63, 3.8) is 0 Å². The van der Waals surface area contributed by atoms with Crippen LogP contribution in [0.4, 0.5) is 0 Å². The molecule has 2 aliphatic rings. The lowest BCUT2D eigenvalue weighted by atomic mass is 9.80. The van der Waals surface area contributed by atoms with Crippen molar-refractivity contribution in [2.24, 2.45) is 0 Å². The Morgan fingerprint density at radius 3 is 2.77 bits per heavy atom. The van der Waals surface area contributed by atoms with Gasteiger partial charge in [0.05, 0.1) is 29.2 Å². The Hall–Kier alpha value is -1.48. The average molecular weight is 453 g/mol. The van der Waals surface area contributed by atoms with Crippen LogP contribution in [-0.4, -0.2) is 52.9 Å².